The first-order chi connectivity index (χ1) is 6.53. The van der Waals surface area contributed by atoms with E-state index in [2.05, 4.69) is 4.74 Å². The van der Waals surface area contributed by atoms with Crippen LogP contribution < -0.4 is 0 Å². The van der Waals surface area contributed by atoms with Crippen molar-refractivity contribution in [3.63, 3.8) is 0 Å². The summed E-state index contributed by atoms with van der Waals surface area (Å²) in [7, 11) is -1.44. The van der Waals surface area contributed by atoms with Crippen molar-refractivity contribution in [2.75, 3.05) is 25.2 Å². The Balaban J connectivity index is 1.92. The maximum Gasteiger partial charge on any atom is 0.323 e. The van der Waals surface area contributed by atoms with Gasteiger partial charge in [0.25, 0.3) is 0 Å². The number of sulfone groups is 1. The summed E-state index contributed by atoms with van der Waals surface area (Å²) in [5, 5.41) is 0. The van der Waals surface area contributed by atoms with Crippen molar-refractivity contribution in [1.82, 2.24) is 4.90 Å². The van der Waals surface area contributed by atoms with Gasteiger partial charge in [-0.1, -0.05) is 0 Å². The SMILES string of the molecule is COC(=O)C1CCN1C1CS(=O)(=O)C1. The molecule has 2 rings (SSSR count). The number of hydrogen-bond donors (Lipinski definition) is 0. The summed E-state index contributed by atoms with van der Waals surface area (Å²) in [4.78, 5) is 13.1. The second-order valence-electron chi connectivity index (χ2n) is 3.80. The van der Waals surface area contributed by atoms with E-state index in [1.807, 2.05) is 4.90 Å². The normalized spacial score (nSPS) is 31.6. The lowest BCUT2D eigenvalue weighted by Gasteiger charge is -2.47. The lowest BCUT2D eigenvalue weighted by Crippen LogP contribution is -2.64. The van der Waals surface area contributed by atoms with Gasteiger partial charge in [0.1, 0.15) is 6.04 Å². The maximum absolute atomic E-state index is 11.2. The van der Waals surface area contributed by atoms with Gasteiger partial charge in [-0.3, -0.25) is 9.69 Å². The molecule has 0 saturated carbocycles. The van der Waals surface area contributed by atoms with Crippen LogP contribution in [-0.2, 0) is 19.4 Å². The number of esters is 1. The highest BCUT2D eigenvalue weighted by molar-refractivity contribution is 7.92. The molecule has 0 amide bonds. The fourth-order valence-corrected chi connectivity index (χ4v) is 3.42. The van der Waals surface area contributed by atoms with E-state index in [1.165, 1.54) is 7.11 Å². The van der Waals surface area contributed by atoms with Gasteiger partial charge in [0.05, 0.1) is 18.6 Å². The second kappa shape index (κ2) is 3.20. The summed E-state index contributed by atoms with van der Waals surface area (Å²) in [5.74, 6) is 0.140. The van der Waals surface area contributed by atoms with Crippen molar-refractivity contribution < 1.29 is 17.9 Å². The van der Waals surface area contributed by atoms with Gasteiger partial charge < -0.3 is 4.74 Å². The fraction of sp³-hybridized carbons (Fsp3) is 0.875. The predicted molar refractivity (Wildman–Crippen MR) is 49.6 cm³/mol. The average Bonchev–Trinajstić information content (AvgIpc) is 1.98. The summed E-state index contributed by atoms with van der Waals surface area (Å²) in [6, 6.07) is -0.168. The molecule has 14 heavy (non-hydrogen) atoms. The number of methoxy groups -OCH3 is 1. The van der Waals surface area contributed by atoms with Crippen molar-refractivity contribution in [1.29, 1.82) is 0 Å². The van der Waals surface area contributed by atoms with E-state index >= 15 is 0 Å². The molecule has 0 aromatic carbocycles. The van der Waals surface area contributed by atoms with Crippen LogP contribution in [0.3, 0.4) is 0 Å². The van der Waals surface area contributed by atoms with Crippen LogP contribution in [0.25, 0.3) is 0 Å². The molecule has 2 saturated heterocycles. The first kappa shape index (κ1) is 9.92. The molecule has 0 radical (unpaired) electrons. The lowest BCUT2D eigenvalue weighted by molar-refractivity contribution is -0.153. The first-order valence-electron chi connectivity index (χ1n) is 4.57. The maximum atomic E-state index is 11.2. The van der Waals surface area contributed by atoms with Crippen LogP contribution in [-0.4, -0.2) is 56.5 Å². The Labute approximate surface area is 82.9 Å². The minimum atomic E-state index is -2.80. The molecule has 0 aromatic heterocycles. The number of ether oxygens (including phenoxy) is 1. The Kier molecular flexibility index (Phi) is 2.27. The zero-order valence-electron chi connectivity index (χ0n) is 7.97. The monoisotopic (exact) mass is 219 g/mol. The third kappa shape index (κ3) is 1.52. The zero-order valence-corrected chi connectivity index (χ0v) is 8.79. The molecule has 0 spiro atoms. The van der Waals surface area contributed by atoms with Crippen LogP contribution in [0.2, 0.25) is 0 Å². The molecule has 2 fully saturated rings. The Morgan fingerprint density at radius 3 is 2.43 bits per heavy atom. The van der Waals surface area contributed by atoms with Gasteiger partial charge in [-0.2, -0.15) is 0 Å². The number of carbonyl (C=O) groups is 1. The molecule has 1 atom stereocenters. The molecule has 2 aliphatic heterocycles. The fourth-order valence-electron chi connectivity index (χ4n) is 1.96. The van der Waals surface area contributed by atoms with Gasteiger partial charge in [-0.05, 0) is 6.42 Å². The van der Waals surface area contributed by atoms with Gasteiger partial charge >= 0.3 is 5.97 Å². The summed E-state index contributed by atoms with van der Waals surface area (Å²) in [5.41, 5.74) is 0. The number of hydrogen-bond acceptors (Lipinski definition) is 5. The van der Waals surface area contributed by atoms with E-state index in [0.717, 1.165) is 13.0 Å². The van der Waals surface area contributed by atoms with Crippen molar-refractivity contribution in [2.45, 2.75) is 18.5 Å². The van der Waals surface area contributed by atoms with Crippen LogP contribution in [0, 0.1) is 0 Å². The third-order valence-corrected chi connectivity index (χ3v) is 4.68. The molecule has 0 bridgehead atoms. The molecule has 0 aliphatic carbocycles. The second-order valence-corrected chi connectivity index (χ2v) is 5.95. The van der Waals surface area contributed by atoms with Gasteiger partial charge in [0.15, 0.2) is 9.84 Å². The summed E-state index contributed by atoms with van der Waals surface area (Å²) >= 11 is 0. The van der Waals surface area contributed by atoms with Crippen LogP contribution >= 0.6 is 0 Å². The van der Waals surface area contributed by atoms with Crippen molar-refractivity contribution in [3.8, 4) is 0 Å². The van der Waals surface area contributed by atoms with Crippen LogP contribution in [0.5, 0.6) is 0 Å². The van der Waals surface area contributed by atoms with Crippen LogP contribution in [0.4, 0.5) is 0 Å². The van der Waals surface area contributed by atoms with Gasteiger partial charge in [-0.15, -0.1) is 0 Å². The zero-order chi connectivity index (χ0) is 10.3. The molecule has 5 nitrogen and oxygen atoms in total. The first-order valence-corrected chi connectivity index (χ1v) is 6.39. The van der Waals surface area contributed by atoms with Gasteiger partial charge in [-0.25, -0.2) is 8.42 Å². The van der Waals surface area contributed by atoms with Crippen molar-refractivity contribution in [3.05, 3.63) is 0 Å². The molecular weight excluding hydrogens is 206 g/mol. The van der Waals surface area contributed by atoms with Crippen LogP contribution in [0.1, 0.15) is 6.42 Å². The quantitative estimate of drug-likeness (QED) is 0.559. The predicted octanol–water partition coefficient (Wildman–Crippen LogP) is -0.969. The van der Waals surface area contributed by atoms with Gasteiger partial charge in [0, 0.05) is 12.6 Å². The largest absolute Gasteiger partial charge is 0.468 e. The summed E-state index contributed by atoms with van der Waals surface area (Å²) in [6.45, 7) is 0.806. The number of likely N-dealkylation sites (tertiary alicyclic amines) is 1. The van der Waals surface area contributed by atoms with E-state index in [9.17, 15) is 13.2 Å². The minimum absolute atomic E-state index is 0.0397. The Hall–Kier alpha value is -0.620. The topological polar surface area (TPSA) is 63.7 Å². The minimum Gasteiger partial charge on any atom is -0.468 e. The number of rotatable bonds is 2. The van der Waals surface area contributed by atoms with E-state index < -0.39 is 9.84 Å². The molecule has 0 N–H and O–H groups in total. The summed E-state index contributed by atoms with van der Waals surface area (Å²) in [6.07, 6.45) is 0.781. The van der Waals surface area contributed by atoms with Gasteiger partial charge in [0.2, 0.25) is 0 Å². The van der Waals surface area contributed by atoms with E-state index in [0.29, 0.717) is 0 Å². The smallest absolute Gasteiger partial charge is 0.323 e. The molecule has 1 unspecified atom stereocenters. The average molecular weight is 219 g/mol. The molecule has 2 aliphatic rings. The van der Waals surface area contributed by atoms with E-state index in [4.69, 9.17) is 0 Å². The number of nitrogens with zero attached hydrogens (tertiary/aromatic N) is 1. The molecular formula is C8H13NO4S. The Morgan fingerprint density at radius 2 is 2.07 bits per heavy atom. The standard InChI is InChI=1S/C8H13NO4S/c1-13-8(10)7-2-3-9(7)6-4-14(11,12)5-6/h6-7H,2-5H2,1H3. The van der Waals surface area contributed by atoms with E-state index in [-0.39, 0.29) is 29.6 Å². The molecule has 6 heteroatoms. The molecule has 2 heterocycles. The Morgan fingerprint density at radius 1 is 1.43 bits per heavy atom. The van der Waals surface area contributed by atoms with Crippen LogP contribution in [0.15, 0.2) is 0 Å². The molecule has 80 valence electrons. The Bertz CT molecular complexity index is 338. The highest BCUT2D eigenvalue weighted by atomic mass is 32.2. The highest BCUT2D eigenvalue weighted by Crippen LogP contribution is 2.27. The summed E-state index contributed by atoms with van der Waals surface area (Å²) < 4.78 is 26.5. The lowest BCUT2D eigenvalue weighted by atomic mass is 10.0. The molecule has 0 aromatic rings. The van der Waals surface area contributed by atoms with Crippen molar-refractivity contribution in [2.24, 2.45) is 0 Å². The van der Waals surface area contributed by atoms with Crippen molar-refractivity contribution >= 4 is 15.8 Å². The highest BCUT2D eigenvalue weighted by Gasteiger charge is 2.46. The van der Waals surface area contributed by atoms with E-state index in [1.54, 1.807) is 0 Å². The third-order valence-electron chi connectivity index (χ3n) is 2.90. The number of carbonyl (C=O) groups excluding carboxylic acids is 1.